The highest BCUT2D eigenvalue weighted by Gasteiger charge is 2.28. The van der Waals surface area contributed by atoms with Crippen molar-refractivity contribution < 1.29 is 0 Å². The molecule has 2 rings (SSSR count). The number of rotatable bonds is 4. The number of nitrogens with zero attached hydrogens (tertiary/aromatic N) is 1. The van der Waals surface area contributed by atoms with Crippen molar-refractivity contribution in [1.29, 1.82) is 0 Å². The quantitative estimate of drug-likeness (QED) is 0.832. The van der Waals surface area contributed by atoms with Gasteiger partial charge < -0.3 is 5.32 Å². The van der Waals surface area contributed by atoms with Gasteiger partial charge in [-0.05, 0) is 57.9 Å². The third-order valence-electron chi connectivity index (χ3n) is 4.44. The molecule has 1 unspecified atom stereocenters. The average molecular weight is 256 g/mol. The van der Waals surface area contributed by atoms with Crippen molar-refractivity contribution >= 4 is 11.8 Å². The minimum atomic E-state index is 0.757. The number of hydrogen-bond acceptors (Lipinski definition) is 3. The zero-order valence-electron chi connectivity index (χ0n) is 11.5. The molecule has 17 heavy (non-hydrogen) atoms. The maximum atomic E-state index is 3.63. The number of nitrogens with one attached hydrogen (secondary N) is 1. The Morgan fingerprint density at radius 3 is 2.59 bits per heavy atom. The summed E-state index contributed by atoms with van der Waals surface area (Å²) in [6.07, 6.45) is 10.8. The van der Waals surface area contributed by atoms with E-state index in [1.165, 1.54) is 51.6 Å². The first-order valence-corrected chi connectivity index (χ1v) is 8.62. The Labute approximate surface area is 111 Å². The van der Waals surface area contributed by atoms with Crippen LogP contribution in [0.25, 0.3) is 0 Å². The van der Waals surface area contributed by atoms with Gasteiger partial charge in [0.15, 0.2) is 0 Å². The van der Waals surface area contributed by atoms with Gasteiger partial charge in [0.25, 0.3) is 0 Å². The van der Waals surface area contributed by atoms with Gasteiger partial charge in [0.1, 0.15) is 0 Å². The van der Waals surface area contributed by atoms with E-state index in [0.29, 0.717) is 0 Å². The standard InChI is InChI=1S/C14H28N2S/c1-3-15-12-5-4-10-16(11-12)13-6-8-14(17-2)9-7-13/h12-15H,3-11H2,1-2H3. The van der Waals surface area contributed by atoms with E-state index in [4.69, 9.17) is 0 Å². The fourth-order valence-electron chi connectivity index (χ4n) is 3.44. The van der Waals surface area contributed by atoms with Crippen molar-refractivity contribution in [3.8, 4) is 0 Å². The van der Waals surface area contributed by atoms with E-state index < -0.39 is 0 Å². The van der Waals surface area contributed by atoms with Gasteiger partial charge in [-0.15, -0.1) is 0 Å². The van der Waals surface area contributed by atoms with Crippen LogP contribution in [0.5, 0.6) is 0 Å². The molecule has 3 heteroatoms. The highest BCUT2D eigenvalue weighted by molar-refractivity contribution is 7.99. The SMILES string of the molecule is CCNC1CCCN(C2CCC(SC)CC2)C1. The molecule has 1 saturated heterocycles. The van der Waals surface area contributed by atoms with Crippen LogP contribution < -0.4 is 5.32 Å². The second kappa shape index (κ2) is 7.01. The number of hydrogen-bond donors (Lipinski definition) is 1. The van der Waals surface area contributed by atoms with Crippen molar-refractivity contribution in [2.24, 2.45) is 0 Å². The first-order chi connectivity index (χ1) is 8.33. The molecule has 1 heterocycles. The lowest BCUT2D eigenvalue weighted by Gasteiger charge is -2.41. The zero-order chi connectivity index (χ0) is 12.1. The summed E-state index contributed by atoms with van der Waals surface area (Å²) in [6, 6.07) is 1.65. The summed E-state index contributed by atoms with van der Waals surface area (Å²) in [5.74, 6) is 0. The van der Waals surface area contributed by atoms with Crippen LogP contribution in [0, 0.1) is 0 Å². The van der Waals surface area contributed by atoms with E-state index in [1.807, 2.05) is 0 Å². The van der Waals surface area contributed by atoms with Crippen LogP contribution >= 0.6 is 11.8 Å². The Morgan fingerprint density at radius 1 is 1.18 bits per heavy atom. The highest BCUT2D eigenvalue weighted by Crippen LogP contribution is 2.30. The van der Waals surface area contributed by atoms with Crippen LogP contribution in [0.15, 0.2) is 0 Å². The smallest absolute Gasteiger partial charge is 0.0195 e. The molecule has 2 nitrogen and oxygen atoms in total. The number of likely N-dealkylation sites (N-methyl/N-ethyl adjacent to an activating group) is 1. The van der Waals surface area contributed by atoms with Gasteiger partial charge in [0.05, 0.1) is 0 Å². The zero-order valence-corrected chi connectivity index (χ0v) is 12.3. The molecule has 1 atom stereocenters. The van der Waals surface area contributed by atoms with Gasteiger partial charge >= 0.3 is 0 Å². The van der Waals surface area contributed by atoms with Gasteiger partial charge in [0, 0.05) is 23.9 Å². The van der Waals surface area contributed by atoms with E-state index in [2.05, 4.69) is 35.2 Å². The van der Waals surface area contributed by atoms with Crippen LogP contribution in [0.3, 0.4) is 0 Å². The minimum Gasteiger partial charge on any atom is -0.313 e. The second-order valence-electron chi connectivity index (χ2n) is 5.56. The summed E-state index contributed by atoms with van der Waals surface area (Å²) >= 11 is 2.07. The Hall–Kier alpha value is 0.270. The Bertz CT molecular complexity index is 212. The van der Waals surface area contributed by atoms with Gasteiger partial charge in [-0.2, -0.15) is 11.8 Å². The Kier molecular flexibility index (Phi) is 5.64. The van der Waals surface area contributed by atoms with Crippen molar-refractivity contribution in [3.05, 3.63) is 0 Å². The maximum Gasteiger partial charge on any atom is 0.0195 e. The molecule has 100 valence electrons. The van der Waals surface area contributed by atoms with Crippen LogP contribution in [0.4, 0.5) is 0 Å². The van der Waals surface area contributed by atoms with Crippen LogP contribution in [0.1, 0.15) is 45.4 Å². The topological polar surface area (TPSA) is 15.3 Å². The molecule has 1 aliphatic carbocycles. The lowest BCUT2D eigenvalue weighted by molar-refractivity contribution is 0.112. The van der Waals surface area contributed by atoms with E-state index in [1.54, 1.807) is 0 Å². The van der Waals surface area contributed by atoms with E-state index in [0.717, 1.165) is 23.9 Å². The molecular weight excluding hydrogens is 228 g/mol. The lowest BCUT2D eigenvalue weighted by Crippen LogP contribution is -2.50. The number of thioether (sulfide) groups is 1. The third-order valence-corrected chi connectivity index (χ3v) is 5.58. The molecular formula is C14H28N2S. The predicted octanol–water partition coefficient (Wildman–Crippen LogP) is 2.73. The number of piperidine rings is 1. The highest BCUT2D eigenvalue weighted by atomic mass is 32.2. The van der Waals surface area contributed by atoms with Gasteiger partial charge in [-0.25, -0.2) is 0 Å². The minimum absolute atomic E-state index is 0.757. The monoisotopic (exact) mass is 256 g/mol. The third kappa shape index (κ3) is 3.87. The largest absolute Gasteiger partial charge is 0.313 e. The molecule has 0 amide bonds. The Balaban J connectivity index is 1.77. The molecule has 0 spiro atoms. The van der Waals surface area contributed by atoms with E-state index >= 15 is 0 Å². The van der Waals surface area contributed by atoms with Gasteiger partial charge in [-0.3, -0.25) is 4.90 Å². The molecule has 0 aromatic rings. The van der Waals surface area contributed by atoms with Crippen molar-refractivity contribution in [3.63, 3.8) is 0 Å². The maximum absolute atomic E-state index is 3.63. The molecule has 1 saturated carbocycles. The molecule has 2 aliphatic rings. The summed E-state index contributed by atoms with van der Waals surface area (Å²) in [5, 5.41) is 4.57. The second-order valence-corrected chi connectivity index (χ2v) is 6.70. The summed E-state index contributed by atoms with van der Waals surface area (Å²) in [6.45, 7) is 5.99. The molecule has 1 N–H and O–H groups in total. The number of likely N-dealkylation sites (tertiary alicyclic amines) is 1. The van der Waals surface area contributed by atoms with Gasteiger partial charge in [-0.1, -0.05) is 6.92 Å². The average Bonchev–Trinajstić information content (AvgIpc) is 2.40. The fourth-order valence-corrected chi connectivity index (χ4v) is 4.18. The predicted molar refractivity (Wildman–Crippen MR) is 77.8 cm³/mol. The first kappa shape index (κ1) is 13.7. The van der Waals surface area contributed by atoms with Crippen molar-refractivity contribution in [1.82, 2.24) is 10.2 Å². The molecule has 2 fully saturated rings. The summed E-state index contributed by atoms with van der Waals surface area (Å²) in [7, 11) is 0. The molecule has 0 aromatic heterocycles. The fraction of sp³-hybridized carbons (Fsp3) is 1.00. The van der Waals surface area contributed by atoms with Crippen LogP contribution in [-0.4, -0.2) is 48.1 Å². The van der Waals surface area contributed by atoms with Crippen molar-refractivity contribution in [2.45, 2.75) is 62.8 Å². The molecule has 1 aliphatic heterocycles. The molecule has 0 aromatic carbocycles. The summed E-state index contributed by atoms with van der Waals surface area (Å²) in [4.78, 5) is 2.77. The van der Waals surface area contributed by atoms with Crippen molar-refractivity contribution in [2.75, 3.05) is 25.9 Å². The first-order valence-electron chi connectivity index (χ1n) is 7.33. The van der Waals surface area contributed by atoms with E-state index in [9.17, 15) is 0 Å². The van der Waals surface area contributed by atoms with Crippen LogP contribution in [-0.2, 0) is 0 Å². The van der Waals surface area contributed by atoms with Crippen LogP contribution in [0.2, 0.25) is 0 Å². The summed E-state index contributed by atoms with van der Waals surface area (Å²) in [5.41, 5.74) is 0. The van der Waals surface area contributed by atoms with E-state index in [-0.39, 0.29) is 0 Å². The molecule has 0 bridgehead atoms. The van der Waals surface area contributed by atoms with Gasteiger partial charge in [0.2, 0.25) is 0 Å². The Morgan fingerprint density at radius 2 is 1.94 bits per heavy atom. The summed E-state index contributed by atoms with van der Waals surface area (Å²) < 4.78 is 0. The normalized spacial score (nSPS) is 36.0. The lowest BCUT2D eigenvalue weighted by atomic mass is 9.91. The molecule has 0 radical (unpaired) electrons.